The van der Waals surface area contributed by atoms with Gasteiger partial charge in [-0.3, -0.25) is 23.7 Å². The Kier molecular flexibility index (Phi) is 19.0. The molecule has 1 aliphatic heterocycles. The van der Waals surface area contributed by atoms with Crippen LogP contribution in [0.4, 0.5) is 0 Å². The minimum absolute atomic E-state index is 0.0593. The third-order valence-corrected chi connectivity index (χ3v) is 14.9. The fraction of sp³-hybridized carbons (Fsp3) is 0.667. The third kappa shape index (κ3) is 13.2. The van der Waals surface area contributed by atoms with Gasteiger partial charge in [0, 0.05) is 41.9 Å². The maximum absolute atomic E-state index is 14.2. The fourth-order valence-electron chi connectivity index (χ4n) is 10.2. The molecule has 1 saturated heterocycles. The highest BCUT2D eigenvalue weighted by molar-refractivity contribution is 5.95. The van der Waals surface area contributed by atoms with E-state index in [2.05, 4.69) is 34.7 Å². The zero-order chi connectivity index (χ0) is 51.8. The molecule has 2 aromatic heterocycles. The average Bonchev–Trinajstić information content (AvgIpc) is 4.17. The molecular weight excluding hydrogens is 909 g/mol. The quantitative estimate of drug-likeness (QED) is 0.0597. The van der Waals surface area contributed by atoms with Gasteiger partial charge in [-0.15, -0.1) is 0 Å². The first-order valence-electron chi connectivity index (χ1n) is 26.0. The number of carbonyl (C=O) groups is 6. The highest BCUT2D eigenvalue weighted by Gasteiger charge is 2.46. The number of hydrogen-bond acceptors (Lipinski definition) is 14. The molecule has 0 spiro atoms. The summed E-state index contributed by atoms with van der Waals surface area (Å²) in [6.07, 6.45) is 5.98. The second kappa shape index (κ2) is 24.4. The van der Waals surface area contributed by atoms with Gasteiger partial charge in [-0.2, -0.15) is 4.98 Å². The van der Waals surface area contributed by atoms with Gasteiger partial charge >= 0.3 is 17.6 Å². The van der Waals surface area contributed by atoms with Crippen molar-refractivity contribution in [3.8, 4) is 11.3 Å². The van der Waals surface area contributed by atoms with Crippen molar-refractivity contribution in [1.82, 2.24) is 20.2 Å². The van der Waals surface area contributed by atoms with Crippen LogP contribution in [-0.4, -0.2) is 87.9 Å². The molecule has 6 N–H and O–H groups in total. The molecule has 17 heteroatoms. The second-order valence-corrected chi connectivity index (χ2v) is 21.5. The van der Waals surface area contributed by atoms with E-state index in [9.17, 15) is 33.6 Å². The average molecular weight is 987 g/mol. The largest absolute Gasteiger partial charge is 0.461 e. The van der Waals surface area contributed by atoms with E-state index in [1.54, 1.807) is 40.0 Å². The van der Waals surface area contributed by atoms with E-state index in [0.717, 1.165) is 31.2 Å². The van der Waals surface area contributed by atoms with Gasteiger partial charge in [-0.25, -0.2) is 14.4 Å². The van der Waals surface area contributed by atoms with Crippen LogP contribution >= 0.6 is 0 Å². The lowest BCUT2D eigenvalue weighted by atomic mass is 9.84. The Balaban J connectivity index is 1.22. The number of aromatic nitrogens is 2. The number of fused-ring (bicyclic) bond motifs is 1. The van der Waals surface area contributed by atoms with Crippen LogP contribution in [0.5, 0.6) is 0 Å². The second-order valence-electron chi connectivity index (χ2n) is 21.5. The van der Waals surface area contributed by atoms with Crippen molar-refractivity contribution in [2.45, 2.75) is 176 Å². The molecule has 3 heterocycles. The monoisotopic (exact) mass is 987 g/mol. The summed E-state index contributed by atoms with van der Waals surface area (Å²) in [6, 6.07) is 6.21. The molecule has 2 aliphatic carbocycles. The Bertz CT molecular complexity index is 2410. The van der Waals surface area contributed by atoms with Gasteiger partial charge in [-0.1, -0.05) is 112 Å². The molecule has 71 heavy (non-hydrogen) atoms. The molecule has 2 saturated carbocycles. The number of ether oxygens (including phenoxy) is 3. The van der Waals surface area contributed by atoms with Crippen molar-refractivity contribution >= 4 is 46.4 Å². The third-order valence-electron chi connectivity index (χ3n) is 14.9. The number of carbonyl (C=O) groups excluding carboxylic acids is 6. The number of unbranched alkanes of at least 4 members (excludes halogenated alkanes) is 2. The van der Waals surface area contributed by atoms with Crippen molar-refractivity contribution in [3.05, 3.63) is 52.6 Å². The zero-order valence-electron chi connectivity index (χ0n) is 43.1. The smallest absolute Gasteiger partial charge is 0.353 e. The Hall–Kier alpha value is -5.26. The highest BCUT2D eigenvalue weighted by Crippen LogP contribution is 2.37. The Morgan fingerprint density at radius 1 is 0.746 bits per heavy atom. The highest BCUT2D eigenvalue weighted by atomic mass is 16.6. The minimum Gasteiger partial charge on any atom is -0.461 e. The van der Waals surface area contributed by atoms with Gasteiger partial charge < -0.3 is 40.7 Å². The topological polar surface area (TPSA) is 254 Å². The van der Waals surface area contributed by atoms with E-state index in [4.69, 9.17) is 30.1 Å². The van der Waals surface area contributed by atoms with E-state index >= 15 is 0 Å². The zero-order valence-corrected chi connectivity index (χ0v) is 43.1. The lowest BCUT2D eigenvalue weighted by Gasteiger charge is -2.28. The first-order valence-corrected chi connectivity index (χ1v) is 26.0. The predicted molar refractivity (Wildman–Crippen MR) is 267 cm³/mol. The standard InChI is InChI=1S/C54H78N6O11/c1-10-11-12-15-32-20-22-33(23-21-32)39-24-34-26-60(54(67)59-51(34)70-39)42-25-40(71-53(66)46(31(8)9)58-50(64)38-19-14-17-36(38)48(62)44(56)29(4)5)41(69-42)27-68-52(65)45(30(6)7)57-49(63)37-18-13-16-35(37)47(61)43(55)28(2)3/h20-24,26,28-31,35-38,40-46H,10-19,25,27,55-56H2,1-9H3,(H,57,63)(H,58,64)/t35?,36?,37?,38?,40?,41-,42-,43?,44?,45?,46?/m1/s1. The van der Waals surface area contributed by atoms with Crippen molar-refractivity contribution in [2.75, 3.05) is 6.61 Å². The number of hydrogen-bond donors (Lipinski definition) is 4. The number of ketones is 2. The molecule has 1 aromatic carbocycles. The molecule has 3 aliphatic rings. The molecule has 11 atom stereocenters. The molecule has 3 aromatic rings. The van der Waals surface area contributed by atoms with Crippen LogP contribution in [0.25, 0.3) is 22.4 Å². The van der Waals surface area contributed by atoms with Crippen LogP contribution < -0.4 is 27.8 Å². The lowest BCUT2D eigenvalue weighted by molar-refractivity contribution is -0.163. The summed E-state index contributed by atoms with van der Waals surface area (Å²) in [6.45, 7) is 16.2. The van der Waals surface area contributed by atoms with Gasteiger partial charge in [0.05, 0.1) is 17.5 Å². The van der Waals surface area contributed by atoms with Crippen molar-refractivity contribution in [3.63, 3.8) is 0 Å². The number of nitrogens with two attached hydrogens (primary N) is 2. The van der Waals surface area contributed by atoms with Crippen molar-refractivity contribution in [1.29, 1.82) is 0 Å². The summed E-state index contributed by atoms with van der Waals surface area (Å²) in [7, 11) is 0. The number of rotatable bonds is 23. The van der Waals surface area contributed by atoms with E-state index < -0.39 is 114 Å². The van der Waals surface area contributed by atoms with E-state index in [1.807, 2.05) is 39.8 Å². The van der Waals surface area contributed by atoms with Crippen LogP contribution in [0, 0.1) is 47.3 Å². The normalized spacial score (nSPS) is 24.1. The van der Waals surface area contributed by atoms with Gasteiger partial charge in [-0.05, 0) is 73.8 Å². The number of benzene rings is 1. The van der Waals surface area contributed by atoms with Gasteiger partial charge in [0.15, 0.2) is 11.6 Å². The molecule has 3 fully saturated rings. The maximum Gasteiger partial charge on any atom is 0.353 e. The summed E-state index contributed by atoms with van der Waals surface area (Å²) in [5, 5.41) is 6.23. The fourth-order valence-corrected chi connectivity index (χ4v) is 10.2. The van der Waals surface area contributed by atoms with Crippen molar-refractivity contribution < 1.29 is 47.4 Å². The molecule has 390 valence electrons. The molecule has 0 radical (unpaired) electrons. The number of amides is 2. The molecule has 9 unspecified atom stereocenters. The Morgan fingerprint density at radius 2 is 1.28 bits per heavy atom. The molecule has 0 bridgehead atoms. The summed E-state index contributed by atoms with van der Waals surface area (Å²) >= 11 is 0. The first kappa shape index (κ1) is 55.1. The number of nitrogens with one attached hydrogen (secondary N) is 2. The van der Waals surface area contributed by atoms with Crippen LogP contribution in [0.15, 0.2) is 45.7 Å². The predicted octanol–water partition coefficient (Wildman–Crippen LogP) is 6.35. The SMILES string of the molecule is CCCCCc1ccc(-c2cc3cn([C@H]4CC(OC(=O)C(NC(=O)C5CCCC5C(=O)C(N)C(C)C)C(C)C)[C@@H](COC(=O)C(NC(=O)C5CCCC5C(=O)C(N)C(C)C)C(C)C)O4)c(=O)nc3o2)cc1. The van der Waals surface area contributed by atoms with E-state index in [-0.39, 0.29) is 35.5 Å². The van der Waals surface area contributed by atoms with E-state index in [0.29, 0.717) is 49.7 Å². The number of nitrogens with zero attached hydrogens (tertiary/aromatic N) is 2. The van der Waals surface area contributed by atoms with Crippen LogP contribution in [0.2, 0.25) is 0 Å². The van der Waals surface area contributed by atoms with Gasteiger partial charge in [0.2, 0.25) is 17.5 Å². The van der Waals surface area contributed by atoms with Crippen LogP contribution in [0.1, 0.15) is 138 Å². The Morgan fingerprint density at radius 3 is 1.80 bits per heavy atom. The number of aryl methyl sites for hydroxylation is 1. The van der Waals surface area contributed by atoms with Crippen LogP contribution in [0.3, 0.4) is 0 Å². The summed E-state index contributed by atoms with van der Waals surface area (Å²) < 4.78 is 25.8. The summed E-state index contributed by atoms with van der Waals surface area (Å²) in [4.78, 5) is 100. The maximum atomic E-state index is 14.2. The van der Waals surface area contributed by atoms with Crippen molar-refractivity contribution in [2.24, 2.45) is 58.8 Å². The van der Waals surface area contributed by atoms with Gasteiger partial charge in [0.25, 0.3) is 0 Å². The molecule has 2 amide bonds. The Labute approximate surface area is 417 Å². The number of Topliss-reactive ketones (excluding diaryl/α,β-unsaturated/α-hetero) is 2. The number of furan rings is 1. The molecular formula is C54H78N6O11. The van der Waals surface area contributed by atoms with Gasteiger partial charge in [0.1, 0.15) is 42.9 Å². The molecule has 17 nitrogen and oxygen atoms in total. The minimum atomic E-state index is -1.13. The molecule has 6 rings (SSSR count). The lowest BCUT2D eigenvalue weighted by Crippen LogP contribution is -2.51. The van der Waals surface area contributed by atoms with Crippen LogP contribution in [-0.2, 0) is 49.4 Å². The van der Waals surface area contributed by atoms with E-state index in [1.165, 1.54) is 10.1 Å². The first-order chi connectivity index (χ1) is 33.7. The number of esters is 2. The summed E-state index contributed by atoms with van der Waals surface area (Å²) in [5.41, 5.74) is 13.9. The summed E-state index contributed by atoms with van der Waals surface area (Å²) in [5.74, 6) is -5.72.